The minimum absolute atomic E-state index is 0.107. The zero-order valence-electron chi connectivity index (χ0n) is 8.02. The smallest absolute Gasteiger partial charge is 0.243 e. The lowest BCUT2D eigenvalue weighted by molar-refractivity contribution is -0.145. The van der Waals surface area contributed by atoms with E-state index in [4.69, 9.17) is 4.84 Å². The molecule has 0 aromatic carbocycles. The summed E-state index contributed by atoms with van der Waals surface area (Å²) in [7, 11) is 0. The van der Waals surface area contributed by atoms with Gasteiger partial charge in [0.15, 0.2) is 0 Å². The van der Waals surface area contributed by atoms with Gasteiger partial charge in [0, 0.05) is 6.42 Å². The van der Waals surface area contributed by atoms with Gasteiger partial charge in [-0.2, -0.15) is 0 Å². The number of allylic oxidation sites excluding steroid dienone is 1. The van der Waals surface area contributed by atoms with Gasteiger partial charge in [-0.1, -0.05) is 6.08 Å². The number of rotatable bonds is 4. The maximum atomic E-state index is 11.0. The summed E-state index contributed by atoms with van der Waals surface area (Å²) in [5.74, 6) is -0.107. The largest absolute Gasteiger partial charge is 0.273 e. The zero-order chi connectivity index (χ0) is 9.61. The Morgan fingerprint density at radius 2 is 2.17 bits per heavy atom. The van der Waals surface area contributed by atoms with Gasteiger partial charge < -0.3 is 0 Å². The van der Waals surface area contributed by atoms with Crippen LogP contribution in [0.15, 0.2) is 12.7 Å². The lowest BCUT2D eigenvalue weighted by atomic mass is 10.2. The maximum absolute atomic E-state index is 11.0. The van der Waals surface area contributed by atoms with Gasteiger partial charge in [-0.15, -0.1) is 6.58 Å². The third kappa shape index (κ3) is 7.28. The number of carbonyl (C=O) groups excluding carboxylic acids is 1. The third-order valence-corrected chi connectivity index (χ3v) is 1.05. The molecule has 0 spiro atoms. The summed E-state index contributed by atoms with van der Waals surface area (Å²) < 4.78 is 0. The average molecular weight is 171 g/mol. The highest BCUT2D eigenvalue weighted by Crippen LogP contribution is 2.03. The van der Waals surface area contributed by atoms with Crippen LogP contribution in [0.25, 0.3) is 0 Å². The molecule has 0 atom stereocenters. The molecule has 0 fully saturated rings. The maximum Gasteiger partial charge on any atom is 0.243 e. The van der Waals surface area contributed by atoms with Crippen LogP contribution in [0, 0.1) is 0 Å². The topological polar surface area (TPSA) is 38.3 Å². The van der Waals surface area contributed by atoms with E-state index in [0.717, 1.165) is 0 Å². The normalized spacial score (nSPS) is 10.9. The monoisotopic (exact) mass is 171 g/mol. The van der Waals surface area contributed by atoms with E-state index < -0.39 is 0 Å². The summed E-state index contributed by atoms with van der Waals surface area (Å²) in [5.41, 5.74) is 2.04. The summed E-state index contributed by atoms with van der Waals surface area (Å²) in [6.07, 6.45) is 2.82. The van der Waals surface area contributed by atoms with Crippen LogP contribution in [0.2, 0.25) is 0 Å². The van der Waals surface area contributed by atoms with Crippen molar-refractivity contribution in [2.75, 3.05) is 0 Å². The number of nitrogens with one attached hydrogen (secondary N) is 1. The van der Waals surface area contributed by atoms with E-state index >= 15 is 0 Å². The molecule has 0 unspecified atom stereocenters. The molecule has 1 amide bonds. The van der Waals surface area contributed by atoms with Crippen molar-refractivity contribution in [3.8, 4) is 0 Å². The zero-order valence-corrected chi connectivity index (χ0v) is 8.02. The molecule has 0 saturated carbocycles. The van der Waals surface area contributed by atoms with E-state index in [1.807, 2.05) is 20.8 Å². The van der Waals surface area contributed by atoms with E-state index in [1.54, 1.807) is 6.08 Å². The van der Waals surface area contributed by atoms with Gasteiger partial charge in [0.2, 0.25) is 5.91 Å². The summed E-state index contributed by atoms with van der Waals surface area (Å²) >= 11 is 0. The van der Waals surface area contributed by atoms with Gasteiger partial charge in [0.1, 0.15) is 0 Å². The third-order valence-electron chi connectivity index (χ3n) is 1.05. The summed E-state index contributed by atoms with van der Waals surface area (Å²) in [4.78, 5) is 16.0. The van der Waals surface area contributed by atoms with Gasteiger partial charge in [0.05, 0.1) is 5.60 Å². The van der Waals surface area contributed by atoms with E-state index in [2.05, 4.69) is 12.1 Å². The first-order valence-corrected chi connectivity index (χ1v) is 4.03. The highest BCUT2D eigenvalue weighted by atomic mass is 16.7. The number of carbonyl (C=O) groups is 1. The second-order valence-corrected chi connectivity index (χ2v) is 3.57. The quantitative estimate of drug-likeness (QED) is 0.517. The molecule has 0 aliphatic heterocycles. The first kappa shape index (κ1) is 11.2. The molecule has 0 aliphatic carbocycles. The number of hydrogen-bond acceptors (Lipinski definition) is 2. The lowest BCUT2D eigenvalue weighted by Gasteiger charge is -2.18. The Kier molecular flexibility index (Phi) is 4.59. The Morgan fingerprint density at radius 1 is 1.58 bits per heavy atom. The molecule has 1 N–H and O–H groups in total. The standard InChI is InChI=1S/C9H17NO2/c1-5-6-7-8(11)10-12-9(2,3)4/h5H,1,6-7H2,2-4H3,(H,10,11). The number of hydroxylamine groups is 1. The molecule has 3 heteroatoms. The van der Waals surface area contributed by atoms with Crippen molar-refractivity contribution >= 4 is 5.91 Å². The first-order valence-electron chi connectivity index (χ1n) is 4.03. The molecular weight excluding hydrogens is 154 g/mol. The Labute approximate surface area is 73.7 Å². The van der Waals surface area contributed by atoms with Gasteiger partial charge in [-0.25, -0.2) is 5.48 Å². The summed E-state index contributed by atoms with van der Waals surface area (Å²) in [5, 5.41) is 0. The molecule has 0 heterocycles. The Morgan fingerprint density at radius 3 is 2.58 bits per heavy atom. The highest BCUT2D eigenvalue weighted by Gasteiger charge is 2.11. The van der Waals surface area contributed by atoms with Crippen molar-refractivity contribution < 1.29 is 9.63 Å². The molecule has 0 rings (SSSR count). The fourth-order valence-corrected chi connectivity index (χ4v) is 0.494. The summed E-state index contributed by atoms with van der Waals surface area (Å²) in [6.45, 7) is 9.15. The van der Waals surface area contributed by atoms with E-state index in [0.29, 0.717) is 12.8 Å². The van der Waals surface area contributed by atoms with Crippen molar-refractivity contribution in [2.24, 2.45) is 0 Å². The summed E-state index contributed by atoms with van der Waals surface area (Å²) in [6, 6.07) is 0. The lowest BCUT2D eigenvalue weighted by Crippen LogP contribution is -2.33. The molecule has 0 aliphatic rings. The minimum atomic E-state index is -0.330. The average Bonchev–Trinajstić information content (AvgIpc) is 1.95. The second kappa shape index (κ2) is 4.93. The van der Waals surface area contributed by atoms with Gasteiger partial charge in [-0.05, 0) is 27.2 Å². The SMILES string of the molecule is C=CCCC(=O)NOC(C)(C)C. The van der Waals surface area contributed by atoms with Crippen LogP contribution in [0.5, 0.6) is 0 Å². The van der Waals surface area contributed by atoms with Crippen molar-refractivity contribution in [1.82, 2.24) is 5.48 Å². The number of hydrogen-bond donors (Lipinski definition) is 1. The molecule has 0 saturated heterocycles. The van der Waals surface area contributed by atoms with Crippen molar-refractivity contribution in [3.05, 3.63) is 12.7 Å². The minimum Gasteiger partial charge on any atom is -0.273 e. The molecule has 0 aromatic heterocycles. The van der Waals surface area contributed by atoms with E-state index in [1.165, 1.54) is 0 Å². The van der Waals surface area contributed by atoms with Crippen molar-refractivity contribution in [2.45, 2.75) is 39.2 Å². The number of amides is 1. The van der Waals surface area contributed by atoms with Crippen LogP contribution >= 0.6 is 0 Å². The van der Waals surface area contributed by atoms with E-state index in [-0.39, 0.29) is 11.5 Å². The predicted octanol–water partition coefficient (Wildman–Crippen LogP) is 1.80. The van der Waals surface area contributed by atoms with E-state index in [9.17, 15) is 4.79 Å². The van der Waals surface area contributed by atoms with Crippen LogP contribution in [0.3, 0.4) is 0 Å². The predicted molar refractivity (Wildman–Crippen MR) is 48.4 cm³/mol. The van der Waals surface area contributed by atoms with Crippen LogP contribution < -0.4 is 5.48 Å². The van der Waals surface area contributed by atoms with Gasteiger partial charge in [0.25, 0.3) is 0 Å². The van der Waals surface area contributed by atoms with Crippen LogP contribution in [-0.4, -0.2) is 11.5 Å². The fourth-order valence-electron chi connectivity index (χ4n) is 0.494. The van der Waals surface area contributed by atoms with Crippen molar-refractivity contribution in [1.29, 1.82) is 0 Å². The first-order chi connectivity index (χ1) is 5.45. The van der Waals surface area contributed by atoms with Gasteiger partial charge in [-0.3, -0.25) is 9.63 Å². The van der Waals surface area contributed by atoms with Gasteiger partial charge >= 0.3 is 0 Å². The highest BCUT2D eigenvalue weighted by molar-refractivity contribution is 5.74. The molecule has 0 radical (unpaired) electrons. The van der Waals surface area contributed by atoms with Crippen LogP contribution in [-0.2, 0) is 9.63 Å². The second-order valence-electron chi connectivity index (χ2n) is 3.57. The molecule has 70 valence electrons. The van der Waals surface area contributed by atoms with Crippen LogP contribution in [0.4, 0.5) is 0 Å². The molecule has 0 aromatic rings. The Balaban J connectivity index is 3.51. The van der Waals surface area contributed by atoms with Crippen LogP contribution in [0.1, 0.15) is 33.6 Å². The molecule has 0 bridgehead atoms. The fraction of sp³-hybridized carbons (Fsp3) is 0.667. The Hall–Kier alpha value is -0.830. The molecular formula is C9H17NO2. The molecule has 12 heavy (non-hydrogen) atoms. The van der Waals surface area contributed by atoms with Crippen molar-refractivity contribution in [3.63, 3.8) is 0 Å². The molecule has 3 nitrogen and oxygen atoms in total. The Bertz CT molecular complexity index is 158.